The molecule has 1 rings (SSSR count). The van der Waals surface area contributed by atoms with E-state index in [0.29, 0.717) is 11.5 Å². The largest absolute Gasteiger partial charge is 0.395 e. The third kappa shape index (κ3) is 5.05. The van der Waals surface area contributed by atoms with Gasteiger partial charge in [0, 0.05) is 19.1 Å². The molecule has 0 aliphatic heterocycles. The van der Waals surface area contributed by atoms with Crippen LogP contribution in [0.5, 0.6) is 0 Å². The Morgan fingerprint density at radius 1 is 1.21 bits per heavy atom. The maximum atomic E-state index is 9.19. The van der Waals surface area contributed by atoms with Crippen LogP contribution in [0.2, 0.25) is 0 Å². The molecule has 3 nitrogen and oxygen atoms in total. The summed E-state index contributed by atoms with van der Waals surface area (Å²) < 4.78 is 0. The van der Waals surface area contributed by atoms with Crippen LogP contribution < -0.4 is 5.32 Å². The summed E-state index contributed by atoms with van der Waals surface area (Å²) in [7, 11) is 0. The molecule has 2 atom stereocenters. The summed E-state index contributed by atoms with van der Waals surface area (Å²) in [5.41, 5.74) is 0.414. The molecule has 0 bridgehead atoms. The third-order valence-electron chi connectivity index (χ3n) is 4.54. The molecular formula is C16H34N2O. The molecular weight excluding hydrogens is 236 g/mol. The van der Waals surface area contributed by atoms with Crippen LogP contribution in [-0.4, -0.2) is 48.8 Å². The molecule has 0 aromatic rings. The van der Waals surface area contributed by atoms with Crippen molar-refractivity contribution in [2.75, 3.05) is 32.8 Å². The Bertz CT molecular complexity index is 237. The summed E-state index contributed by atoms with van der Waals surface area (Å²) in [4.78, 5) is 2.44. The molecule has 1 fully saturated rings. The van der Waals surface area contributed by atoms with Gasteiger partial charge in [0.05, 0.1) is 6.61 Å². The number of aliphatic hydroxyl groups excluding tert-OH is 1. The highest BCUT2D eigenvalue weighted by Gasteiger charge is 2.41. The first-order valence-corrected chi connectivity index (χ1v) is 8.11. The zero-order valence-corrected chi connectivity index (χ0v) is 13.4. The monoisotopic (exact) mass is 270 g/mol. The molecule has 19 heavy (non-hydrogen) atoms. The van der Waals surface area contributed by atoms with Crippen LogP contribution in [-0.2, 0) is 0 Å². The minimum atomic E-state index is 0.281. The van der Waals surface area contributed by atoms with Gasteiger partial charge in [0.25, 0.3) is 0 Å². The van der Waals surface area contributed by atoms with Crippen LogP contribution in [0.15, 0.2) is 0 Å². The lowest BCUT2D eigenvalue weighted by molar-refractivity contribution is 0.154. The summed E-state index contributed by atoms with van der Waals surface area (Å²) >= 11 is 0. The third-order valence-corrected chi connectivity index (χ3v) is 4.54. The summed E-state index contributed by atoms with van der Waals surface area (Å²) in [6.45, 7) is 13.7. The molecule has 0 aromatic carbocycles. The fourth-order valence-corrected chi connectivity index (χ4v) is 3.54. The minimum Gasteiger partial charge on any atom is -0.395 e. The van der Waals surface area contributed by atoms with Crippen molar-refractivity contribution in [2.45, 2.75) is 59.4 Å². The highest BCUT2D eigenvalue weighted by molar-refractivity contribution is 4.97. The summed E-state index contributed by atoms with van der Waals surface area (Å²) in [6, 6.07) is 0.630. The van der Waals surface area contributed by atoms with Crippen molar-refractivity contribution < 1.29 is 5.11 Å². The Balaban J connectivity index is 2.58. The zero-order valence-electron chi connectivity index (χ0n) is 13.4. The van der Waals surface area contributed by atoms with Gasteiger partial charge in [-0.25, -0.2) is 0 Å². The Kier molecular flexibility index (Phi) is 7.33. The van der Waals surface area contributed by atoms with Gasteiger partial charge in [-0.05, 0) is 50.1 Å². The second kappa shape index (κ2) is 8.23. The summed E-state index contributed by atoms with van der Waals surface area (Å²) in [6.07, 6.45) is 5.01. The first kappa shape index (κ1) is 16.9. The topological polar surface area (TPSA) is 35.5 Å². The van der Waals surface area contributed by atoms with E-state index in [1.54, 1.807) is 0 Å². The lowest BCUT2D eigenvalue weighted by atomic mass is 9.84. The Hall–Kier alpha value is -0.120. The van der Waals surface area contributed by atoms with E-state index in [2.05, 4.69) is 37.9 Å². The number of aliphatic hydroxyl groups is 1. The Labute approximate surface area is 119 Å². The Morgan fingerprint density at radius 2 is 1.95 bits per heavy atom. The molecule has 2 N–H and O–H groups in total. The van der Waals surface area contributed by atoms with Gasteiger partial charge < -0.3 is 15.3 Å². The van der Waals surface area contributed by atoms with Gasteiger partial charge in [0.1, 0.15) is 0 Å². The second-order valence-electron chi connectivity index (χ2n) is 6.74. The minimum absolute atomic E-state index is 0.281. The fraction of sp³-hybridized carbons (Fsp3) is 1.00. The second-order valence-corrected chi connectivity index (χ2v) is 6.74. The van der Waals surface area contributed by atoms with E-state index in [9.17, 15) is 5.11 Å². The summed E-state index contributed by atoms with van der Waals surface area (Å²) in [5, 5.41) is 13.0. The van der Waals surface area contributed by atoms with E-state index in [0.717, 1.165) is 32.1 Å². The maximum Gasteiger partial charge on any atom is 0.0558 e. The maximum absolute atomic E-state index is 9.19. The van der Waals surface area contributed by atoms with Crippen LogP contribution in [0.4, 0.5) is 0 Å². The quantitative estimate of drug-likeness (QED) is 0.676. The number of hydrogen-bond acceptors (Lipinski definition) is 3. The molecule has 114 valence electrons. The Morgan fingerprint density at radius 3 is 2.53 bits per heavy atom. The molecule has 0 saturated heterocycles. The number of hydrogen-bond donors (Lipinski definition) is 2. The molecule has 0 amide bonds. The normalized spacial score (nSPS) is 26.2. The number of rotatable bonds is 9. The summed E-state index contributed by atoms with van der Waals surface area (Å²) in [5.74, 6) is 0.736. The van der Waals surface area contributed by atoms with Crippen LogP contribution >= 0.6 is 0 Å². The van der Waals surface area contributed by atoms with Gasteiger partial charge in [-0.15, -0.1) is 0 Å². The van der Waals surface area contributed by atoms with Gasteiger partial charge in [0.15, 0.2) is 0 Å². The molecule has 0 aromatic heterocycles. The van der Waals surface area contributed by atoms with E-state index < -0.39 is 0 Å². The molecule has 0 heterocycles. The predicted molar refractivity (Wildman–Crippen MR) is 82.4 cm³/mol. The number of nitrogens with one attached hydrogen (secondary N) is 1. The molecule has 1 saturated carbocycles. The smallest absolute Gasteiger partial charge is 0.0558 e. The molecule has 0 spiro atoms. The van der Waals surface area contributed by atoms with Crippen LogP contribution in [0, 0.1) is 11.3 Å². The molecule has 1 aliphatic carbocycles. The van der Waals surface area contributed by atoms with Crippen molar-refractivity contribution in [2.24, 2.45) is 11.3 Å². The van der Waals surface area contributed by atoms with Crippen LogP contribution in [0.25, 0.3) is 0 Å². The average Bonchev–Trinajstić information content (AvgIpc) is 2.63. The fourth-order valence-electron chi connectivity index (χ4n) is 3.54. The predicted octanol–water partition coefficient (Wildman–Crippen LogP) is 2.50. The number of nitrogens with zero attached hydrogens (tertiary/aromatic N) is 1. The van der Waals surface area contributed by atoms with Gasteiger partial charge in [-0.1, -0.05) is 27.7 Å². The highest BCUT2D eigenvalue weighted by Crippen LogP contribution is 2.41. The van der Waals surface area contributed by atoms with E-state index >= 15 is 0 Å². The molecule has 0 radical (unpaired) electrons. The first-order chi connectivity index (χ1) is 9.05. The van der Waals surface area contributed by atoms with Crippen molar-refractivity contribution in [3.63, 3.8) is 0 Å². The zero-order chi connectivity index (χ0) is 14.3. The SMILES string of the molecule is CCCNC1C(CN(CCC)CCO)CCC1(C)C. The van der Waals surface area contributed by atoms with Crippen molar-refractivity contribution in [3.8, 4) is 0 Å². The first-order valence-electron chi connectivity index (χ1n) is 8.11. The van der Waals surface area contributed by atoms with Gasteiger partial charge in [-0.3, -0.25) is 0 Å². The lowest BCUT2D eigenvalue weighted by Crippen LogP contribution is -2.46. The molecule has 3 heteroatoms. The van der Waals surface area contributed by atoms with E-state index in [4.69, 9.17) is 0 Å². The van der Waals surface area contributed by atoms with Crippen LogP contribution in [0.3, 0.4) is 0 Å². The van der Waals surface area contributed by atoms with E-state index in [1.165, 1.54) is 25.7 Å². The average molecular weight is 270 g/mol. The standard InChI is InChI=1S/C16H34N2O/c1-5-9-17-15-14(7-8-16(15,3)4)13-18(10-6-2)11-12-19/h14-15,17,19H,5-13H2,1-4H3. The van der Waals surface area contributed by atoms with Crippen LogP contribution in [0.1, 0.15) is 53.4 Å². The van der Waals surface area contributed by atoms with E-state index in [-0.39, 0.29) is 6.61 Å². The lowest BCUT2D eigenvalue weighted by Gasteiger charge is -2.34. The van der Waals surface area contributed by atoms with Crippen molar-refractivity contribution in [1.82, 2.24) is 10.2 Å². The molecule has 2 unspecified atom stereocenters. The van der Waals surface area contributed by atoms with Gasteiger partial charge in [0.2, 0.25) is 0 Å². The van der Waals surface area contributed by atoms with Crippen molar-refractivity contribution in [1.29, 1.82) is 0 Å². The van der Waals surface area contributed by atoms with Gasteiger partial charge >= 0.3 is 0 Å². The van der Waals surface area contributed by atoms with Gasteiger partial charge in [-0.2, -0.15) is 0 Å². The van der Waals surface area contributed by atoms with Crippen molar-refractivity contribution >= 4 is 0 Å². The molecule has 1 aliphatic rings. The highest BCUT2D eigenvalue weighted by atomic mass is 16.3. The van der Waals surface area contributed by atoms with E-state index in [1.807, 2.05) is 0 Å². The van der Waals surface area contributed by atoms with Crippen molar-refractivity contribution in [3.05, 3.63) is 0 Å².